The highest BCUT2D eigenvalue weighted by Crippen LogP contribution is 2.66. The lowest BCUT2D eigenvalue weighted by molar-refractivity contribution is -0.146. The van der Waals surface area contributed by atoms with Crippen molar-refractivity contribution in [2.75, 3.05) is 0 Å². The quantitative estimate of drug-likeness (QED) is 0.921. The Kier molecular flexibility index (Phi) is 2.68. The number of rotatable bonds is 2. The largest absolute Gasteiger partial charge is 0.481 e. The average Bonchev–Trinajstić information content (AvgIpc) is 2.53. The molecule has 2 aromatic rings. The highest BCUT2D eigenvalue weighted by atomic mass is 16.4. The number of carbonyl (C=O) groups is 1. The summed E-state index contributed by atoms with van der Waals surface area (Å²) in [4.78, 5) is 20.9. The van der Waals surface area contributed by atoms with Crippen molar-refractivity contribution in [3.63, 3.8) is 0 Å². The van der Waals surface area contributed by atoms with Crippen LogP contribution in [0.3, 0.4) is 0 Å². The zero-order valence-electron chi connectivity index (χ0n) is 12.7. The molecule has 0 spiro atoms. The van der Waals surface area contributed by atoms with Crippen molar-refractivity contribution in [1.82, 2.24) is 9.97 Å². The summed E-state index contributed by atoms with van der Waals surface area (Å²) < 4.78 is 0. The maximum atomic E-state index is 11.8. The van der Waals surface area contributed by atoms with E-state index in [9.17, 15) is 9.90 Å². The zero-order chi connectivity index (χ0) is 15.5. The Balaban J connectivity index is 1.86. The third-order valence-electron chi connectivity index (χ3n) is 5.56. The number of hydrogen-bond donors (Lipinski definition) is 1. The van der Waals surface area contributed by atoms with Gasteiger partial charge in [0.2, 0.25) is 0 Å². The molecule has 1 N–H and O–H groups in total. The van der Waals surface area contributed by atoms with Gasteiger partial charge in [-0.25, -0.2) is 0 Å². The second-order valence-corrected chi connectivity index (χ2v) is 6.92. The molecule has 2 heterocycles. The fraction of sp³-hybridized carbons (Fsp3) is 0.389. The van der Waals surface area contributed by atoms with Crippen molar-refractivity contribution in [2.24, 2.45) is 11.3 Å². The molecule has 0 aliphatic heterocycles. The molecule has 0 amide bonds. The van der Waals surface area contributed by atoms with Crippen LogP contribution in [-0.4, -0.2) is 21.0 Å². The van der Waals surface area contributed by atoms with E-state index < -0.39 is 11.9 Å². The predicted molar refractivity (Wildman–Crippen MR) is 82.5 cm³/mol. The molecule has 1 saturated carbocycles. The van der Waals surface area contributed by atoms with Crippen molar-refractivity contribution in [2.45, 2.75) is 32.1 Å². The van der Waals surface area contributed by atoms with E-state index in [0.717, 1.165) is 29.1 Å². The highest BCUT2D eigenvalue weighted by Gasteiger charge is 2.59. The Hall–Kier alpha value is -2.23. The number of pyridine rings is 2. The molecule has 0 aromatic carbocycles. The van der Waals surface area contributed by atoms with Crippen molar-refractivity contribution in [1.29, 1.82) is 0 Å². The Morgan fingerprint density at radius 3 is 2.68 bits per heavy atom. The van der Waals surface area contributed by atoms with Crippen molar-refractivity contribution in [3.8, 4) is 11.4 Å². The molecule has 1 fully saturated rings. The first kappa shape index (κ1) is 13.4. The lowest BCUT2D eigenvalue weighted by Crippen LogP contribution is -2.52. The van der Waals surface area contributed by atoms with E-state index in [1.54, 1.807) is 6.20 Å². The minimum atomic E-state index is -0.732. The molecule has 22 heavy (non-hydrogen) atoms. The normalized spacial score (nSPS) is 27.6. The Morgan fingerprint density at radius 2 is 2.05 bits per heavy atom. The van der Waals surface area contributed by atoms with Gasteiger partial charge >= 0.3 is 5.97 Å². The van der Waals surface area contributed by atoms with Gasteiger partial charge in [0.05, 0.1) is 17.3 Å². The first-order chi connectivity index (χ1) is 10.5. The molecule has 3 atom stereocenters. The van der Waals surface area contributed by atoms with Crippen LogP contribution >= 0.6 is 0 Å². The van der Waals surface area contributed by atoms with Gasteiger partial charge in [-0.3, -0.25) is 14.8 Å². The second kappa shape index (κ2) is 4.38. The molecule has 0 unspecified atom stereocenters. The van der Waals surface area contributed by atoms with Gasteiger partial charge in [-0.2, -0.15) is 0 Å². The summed E-state index contributed by atoms with van der Waals surface area (Å²) in [5.74, 6) is -0.595. The van der Waals surface area contributed by atoms with E-state index in [1.165, 1.54) is 0 Å². The standard InChI is InChI=1S/C18H18N2O2/c1-18(2)11-9-12(18)16-10(15(11)17(21)22)6-7-14(20-16)13-5-3-4-8-19-13/h3-8,11-12,15H,9H2,1-2H3,(H,21,22)/t11-,12+,15+/m0/s1. The smallest absolute Gasteiger partial charge is 0.311 e. The summed E-state index contributed by atoms with van der Waals surface area (Å²) >= 11 is 0. The van der Waals surface area contributed by atoms with Crippen LogP contribution in [0.1, 0.15) is 43.4 Å². The number of nitrogens with zero attached hydrogens (tertiary/aromatic N) is 2. The van der Waals surface area contributed by atoms with Crippen LogP contribution in [0.4, 0.5) is 0 Å². The third kappa shape index (κ3) is 1.67. The first-order valence-electron chi connectivity index (χ1n) is 7.65. The van der Waals surface area contributed by atoms with E-state index in [0.29, 0.717) is 5.92 Å². The van der Waals surface area contributed by atoms with Crippen LogP contribution in [0.2, 0.25) is 0 Å². The van der Waals surface area contributed by atoms with Gasteiger partial charge in [-0.1, -0.05) is 26.0 Å². The van der Waals surface area contributed by atoms with Crippen molar-refractivity contribution < 1.29 is 9.90 Å². The minimum absolute atomic E-state index is 0.00575. The third-order valence-corrected chi connectivity index (χ3v) is 5.56. The SMILES string of the molecule is CC1(C)[C@@H]2C[C@H]1[C@H](C(=O)O)c1ccc(-c3ccccn3)nc12. The van der Waals surface area contributed by atoms with Gasteiger partial charge < -0.3 is 5.11 Å². The molecule has 3 aliphatic rings. The number of aliphatic carboxylic acids is 1. The second-order valence-electron chi connectivity index (χ2n) is 6.92. The van der Waals surface area contributed by atoms with E-state index in [-0.39, 0.29) is 11.3 Å². The summed E-state index contributed by atoms with van der Waals surface area (Å²) in [5, 5.41) is 9.66. The summed E-state index contributed by atoms with van der Waals surface area (Å²) in [5.41, 5.74) is 3.52. The Labute approximate surface area is 129 Å². The maximum Gasteiger partial charge on any atom is 0.311 e. The predicted octanol–water partition coefficient (Wildman–Crippen LogP) is 3.46. The number of carboxylic acid groups (broad SMARTS) is 1. The molecule has 3 aliphatic carbocycles. The fourth-order valence-electron chi connectivity index (χ4n) is 4.20. The Morgan fingerprint density at radius 1 is 1.23 bits per heavy atom. The van der Waals surface area contributed by atoms with Crippen LogP contribution in [0.5, 0.6) is 0 Å². The monoisotopic (exact) mass is 294 g/mol. The lowest BCUT2D eigenvalue weighted by Gasteiger charge is -2.58. The van der Waals surface area contributed by atoms with Gasteiger partial charge in [-0.15, -0.1) is 0 Å². The van der Waals surface area contributed by atoms with Crippen molar-refractivity contribution in [3.05, 3.63) is 47.8 Å². The van der Waals surface area contributed by atoms with E-state index in [2.05, 4.69) is 18.8 Å². The molecule has 5 rings (SSSR count). The van der Waals surface area contributed by atoms with Gasteiger partial charge in [0.15, 0.2) is 0 Å². The first-order valence-corrected chi connectivity index (χ1v) is 7.65. The topological polar surface area (TPSA) is 63.1 Å². The summed E-state index contributed by atoms with van der Waals surface area (Å²) in [6.07, 6.45) is 2.68. The summed E-state index contributed by atoms with van der Waals surface area (Å²) in [7, 11) is 0. The lowest BCUT2D eigenvalue weighted by atomic mass is 9.45. The molecular formula is C18H18N2O2. The molecule has 2 bridgehead atoms. The summed E-state index contributed by atoms with van der Waals surface area (Å²) in [6.45, 7) is 4.33. The zero-order valence-corrected chi connectivity index (χ0v) is 12.7. The van der Waals surface area contributed by atoms with Crippen LogP contribution in [0, 0.1) is 11.3 Å². The van der Waals surface area contributed by atoms with Gasteiger partial charge in [0.1, 0.15) is 0 Å². The molecule has 0 saturated heterocycles. The summed E-state index contributed by atoms with van der Waals surface area (Å²) in [6, 6.07) is 9.59. The molecule has 2 aromatic heterocycles. The number of carboxylic acids is 1. The molecular weight excluding hydrogens is 276 g/mol. The molecule has 112 valence electrons. The van der Waals surface area contributed by atoms with Gasteiger partial charge in [0, 0.05) is 17.8 Å². The highest BCUT2D eigenvalue weighted by molar-refractivity contribution is 5.79. The Bertz CT molecular complexity index is 755. The van der Waals surface area contributed by atoms with Crippen LogP contribution < -0.4 is 0 Å². The molecule has 4 heteroatoms. The molecule has 0 radical (unpaired) electrons. The van der Waals surface area contributed by atoms with E-state index >= 15 is 0 Å². The average molecular weight is 294 g/mol. The van der Waals surface area contributed by atoms with Gasteiger partial charge in [0.25, 0.3) is 0 Å². The number of aromatic nitrogens is 2. The van der Waals surface area contributed by atoms with Gasteiger partial charge in [-0.05, 0) is 41.5 Å². The van der Waals surface area contributed by atoms with Crippen LogP contribution in [-0.2, 0) is 4.79 Å². The fourth-order valence-corrected chi connectivity index (χ4v) is 4.20. The minimum Gasteiger partial charge on any atom is -0.481 e. The maximum absolute atomic E-state index is 11.8. The molecule has 4 nitrogen and oxygen atoms in total. The van der Waals surface area contributed by atoms with Crippen molar-refractivity contribution >= 4 is 5.97 Å². The van der Waals surface area contributed by atoms with E-state index in [1.807, 2.05) is 30.3 Å². The van der Waals surface area contributed by atoms with Crippen LogP contribution in [0.15, 0.2) is 36.5 Å². The van der Waals surface area contributed by atoms with E-state index in [4.69, 9.17) is 4.98 Å². The number of hydrogen-bond acceptors (Lipinski definition) is 3. The van der Waals surface area contributed by atoms with Crippen LogP contribution in [0.25, 0.3) is 11.4 Å².